The Labute approximate surface area is 215 Å². The SMILES string of the molecule is C#Cc1ccc2c(c1)[nH]c1c2c(=O)c2cc(CC(C)C)c(-c3cccc(S(=O)(=O)F)c3)cc2n1C(C)C. The van der Waals surface area contributed by atoms with Gasteiger partial charge in [0.05, 0.1) is 15.8 Å². The Morgan fingerprint density at radius 3 is 2.43 bits per heavy atom. The van der Waals surface area contributed by atoms with E-state index >= 15 is 0 Å². The number of aromatic nitrogens is 2. The predicted molar refractivity (Wildman–Crippen MR) is 148 cm³/mol. The summed E-state index contributed by atoms with van der Waals surface area (Å²) in [5.74, 6) is 2.91. The van der Waals surface area contributed by atoms with Gasteiger partial charge in [0.25, 0.3) is 0 Å². The second-order valence-electron chi connectivity index (χ2n) is 10.1. The van der Waals surface area contributed by atoms with Crippen molar-refractivity contribution in [3.05, 3.63) is 75.9 Å². The maximum absolute atomic E-state index is 14.0. The number of benzene rings is 3. The monoisotopic (exact) mass is 514 g/mol. The van der Waals surface area contributed by atoms with Crippen LogP contribution in [0.15, 0.2) is 64.3 Å². The molecule has 0 radical (unpaired) electrons. The maximum Gasteiger partial charge on any atom is 0.332 e. The second kappa shape index (κ2) is 8.89. The summed E-state index contributed by atoms with van der Waals surface area (Å²) in [6.07, 6.45) is 6.26. The Kier molecular flexibility index (Phi) is 5.96. The van der Waals surface area contributed by atoms with Gasteiger partial charge in [0.2, 0.25) is 0 Å². The molecule has 0 unspecified atom stereocenters. The van der Waals surface area contributed by atoms with Gasteiger partial charge in [-0.15, -0.1) is 10.3 Å². The molecule has 7 heteroatoms. The highest BCUT2D eigenvalue weighted by atomic mass is 32.3. The molecule has 0 aliphatic rings. The van der Waals surface area contributed by atoms with E-state index in [0.29, 0.717) is 33.9 Å². The fraction of sp³-hybridized carbons (Fsp3) is 0.233. The third kappa shape index (κ3) is 4.21. The molecule has 37 heavy (non-hydrogen) atoms. The van der Waals surface area contributed by atoms with Gasteiger partial charge in [-0.1, -0.05) is 38.0 Å². The van der Waals surface area contributed by atoms with Crippen molar-refractivity contribution in [3.8, 4) is 23.5 Å². The van der Waals surface area contributed by atoms with Crippen LogP contribution in [0.25, 0.3) is 44.0 Å². The van der Waals surface area contributed by atoms with Crippen molar-refractivity contribution in [2.75, 3.05) is 0 Å². The smallest absolute Gasteiger partial charge is 0.332 e. The molecular formula is C30H27FN2O3S. The maximum atomic E-state index is 14.0. The van der Waals surface area contributed by atoms with Gasteiger partial charge < -0.3 is 9.55 Å². The van der Waals surface area contributed by atoms with Crippen LogP contribution in [-0.2, 0) is 16.6 Å². The van der Waals surface area contributed by atoms with Crippen molar-refractivity contribution < 1.29 is 12.3 Å². The van der Waals surface area contributed by atoms with Crippen molar-refractivity contribution in [2.24, 2.45) is 5.92 Å². The summed E-state index contributed by atoms with van der Waals surface area (Å²) in [4.78, 5) is 17.0. The Morgan fingerprint density at radius 1 is 1.03 bits per heavy atom. The summed E-state index contributed by atoms with van der Waals surface area (Å²) in [6, 6.07) is 15.3. The standard InChI is InChI=1S/C30H27FN2O3S/c1-6-19-10-11-23-26(13-19)32-30-28(23)29(34)25-15-21(12-17(2)3)24(16-27(25)33(30)18(4)5)20-8-7-9-22(14-20)37(31,35)36/h1,7-11,13-18,32H,12H2,2-5H3. The molecule has 188 valence electrons. The largest absolute Gasteiger partial charge is 0.340 e. The lowest BCUT2D eigenvalue weighted by molar-refractivity contribution is 0.552. The average molecular weight is 515 g/mol. The molecular weight excluding hydrogens is 487 g/mol. The van der Waals surface area contributed by atoms with Crippen LogP contribution in [-0.4, -0.2) is 18.0 Å². The molecule has 0 aliphatic carbocycles. The normalized spacial score (nSPS) is 12.3. The van der Waals surface area contributed by atoms with Crippen molar-refractivity contribution in [1.29, 1.82) is 0 Å². The number of hydrogen-bond acceptors (Lipinski definition) is 3. The van der Waals surface area contributed by atoms with E-state index in [1.807, 2.05) is 44.2 Å². The Bertz CT molecular complexity index is 1920. The highest BCUT2D eigenvalue weighted by Gasteiger charge is 2.21. The van der Waals surface area contributed by atoms with Crippen LogP contribution < -0.4 is 5.43 Å². The third-order valence-electron chi connectivity index (χ3n) is 6.71. The van der Waals surface area contributed by atoms with Gasteiger partial charge in [0.15, 0.2) is 5.43 Å². The lowest BCUT2D eigenvalue weighted by atomic mass is 9.91. The number of rotatable bonds is 5. The lowest BCUT2D eigenvalue weighted by Gasteiger charge is -2.20. The summed E-state index contributed by atoms with van der Waals surface area (Å²) in [6.45, 7) is 8.24. The number of pyridine rings is 1. The van der Waals surface area contributed by atoms with Gasteiger partial charge in [-0.05, 0) is 79.3 Å². The summed E-state index contributed by atoms with van der Waals surface area (Å²) in [5, 5.41) is 2.00. The van der Waals surface area contributed by atoms with Crippen molar-refractivity contribution in [1.82, 2.24) is 9.55 Å². The van der Waals surface area contributed by atoms with Gasteiger partial charge in [-0.3, -0.25) is 4.79 Å². The number of hydrogen-bond donors (Lipinski definition) is 1. The molecule has 5 rings (SSSR count). The molecule has 0 saturated carbocycles. The second-order valence-corrected chi connectivity index (χ2v) is 11.5. The molecule has 0 saturated heterocycles. The third-order valence-corrected chi connectivity index (χ3v) is 7.53. The van der Waals surface area contributed by atoms with E-state index < -0.39 is 15.1 Å². The molecule has 0 bridgehead atoms. The topological polar surface area (TPSA) is 71.9 Å². The minimum atomic E-state index is -4.86. The van der Waals surface area contributed by atoms with E-state index in [1.54, 1.807) is 6.07 Å². The fourth-order valence-corrected chi connectivity index (χ4v) is 5.69. The molecule has 5 aromatic rings. The number of terminal acetylenes is 1. The molecule has 1 N–H and O–H groups in total. The van der Waals surface area contributed by atoms with E-state index in [4.69, 9.17) is 6.42 Å². The summed E-state index contributed by atoms with van der Waals surface area (Å²) < 4.78 is 39.2. The van der Waals surface area contributed by atoms with Gasteiger partial charge in [0, 0.05) is 27.9 Å². The van der Waals surface area contributed by atoms with Gasteiger partial charge in [-0.2, -0.15) is 8.42 Å². The van der Waals surface area contributed by atoms with Gasteiger partial charge in [-0.25, -0.2) is 0 Å². The zero-order valence-corrected chi connectivity index (χ0v) is 21.9. The highest BCUT2D eigenvalue weighted by Crippen LogP contribution is 2.35. The number of aromatic amines is 1. The number of halogens is 1. The van der Waals surface area contributed by atoms with Crippen LogP contribution in [0.1, 0.15) is 44.9 Å². The first-order valence-electron chi connectivity index (χ1n) is 12.2. The van der Waals surface area contributed by atoms with Crippen molar-refractivity contribution in [3.63, 3.8) is 0 Å². The van der Waals surface area contributed by atoms with Crippen LogP contribution in [0.5, 0.6) is 0 Å². The molecule has 3 aromatic carbocycles. The summed E-state index contributed by atoms with van der Waals surface area (Å²) in [7, 11) is -4.86. The lowest BCUT2D eigenvalue weighted by Crippen LogP contribution is -2.14. The minimum absolute atomic E-state index is 0.00730. The number of nitrogens with zero attached hydrogens (tertiary/aromatic N) is 1. The first kappa shape index (κ1) is 24.8. The van der Waals surface area contributed by atoms with Crippen molar-refractivity contribution >= 4 is 43.1 Å². The molecule has 0 amide bonds. The van der Waals surface area contributed by atoms with Crippen LogP contribution in [0.3, 0.4) is 0 Å². The van der Waals surface area contributed by atoms with Gasteiger partial charge >= 0.3 is 10.2 Å². The van der Waals surface area contributed by atoms with Crippen molar-refractivity contribution in [2.45, 2.75) is 45.1 Å². The highest BCUT2D eigenvalue weighted by molar-refractivity contribution is 7.86. The van der Waals surface area contributed by atoms with Crippen LogP contribution in [0.2, 0.25) is 0 Å². The summed E-state index contributed by atoms with van der Waals surface area (Å²) >= 11 is 0. The van der Waals surface area contributed by atoms with Gasteiger partial charge in [0.1, 0.15) is 5.65 Å². The molecule has 0 fully saturated rings. The number of fused-ring (bicyclic) bond motifs is 4. The molecule has 0 spiro atoms. The Hall–Kier alpha value is -3.89. The van der Waals surface area contributed by atoms with E-state index in [1.165, 1.54) is 18.2 Å². The number of nitrogens with one attached hydrogen (secondary N) is 1. The summed E-state index contributed by atoms with van der Waals surface area (Å²) in [5.41, 5.74) is 5.08. The van der Waals surface area contributed by atoms with E-state index in [2.05, 4.69) is 29.3 Å². The molecule has 2 heterocycles. The first-order valence-corrected chi connectivity index (χ1v) is 13.6. The number of H-pyrrole nitrogens is 1. The quantitative estimate of drug-likeness (QED) is 0.209. The van der Waals surface area contributed by atoms with E-state index in [9.17, 15) is 17.1 Å². The average Bonchev–Trinajstić information content (AvgIpc) is 3.21. The molecule has 0 aliphatic heterocycles. The Balaban J connectivity index is 1.94. The predicted octanol–water partition coefficient (Wildman–Crippen LogP) is 6.72. The van der Waals surface area contributed by atoms with E-state index in [0.717, 1.165) is 27.6 Å². The van der Waals surface area contributed by atoms with Crippen LogP contribution >= 0.6 is 0 Å². The molecule has 2 aromatic heterocycles. The zero-order chi connectivity index (χ0) is 26.6. The van der Waals surface area contributed by atoms with E-state index in [-0.39, 0.29) is 17.4 Å². The van der Waals surface area contributed by atoms with Crippen LogP contribution in [0.4, 0.5) is 3.89 Å². The molecule has 0 atom stereocenters. The van der Waals surface area contributed by atoms with Crippen LogP contribution in [0, 0.1) is 18.3 Å². The molecule has 5 nitrogen and oxygen atoms in total. The Morgan fingerprint density at radius 2 is 1.78 bits per heavy atom. The first-order chi connectivity index (χ1) is 17.5. The fourth-order valence-electron chi connectivity index (χ4n) is 5.18. The zero-order valence-electron chi connectivity index (χ0n) is 21.1. The minimum Gasteiger partial charge on any atom is -0.340 e.